The molecule has 2 N–H and O–H groups in total. The molecular formula is C21H34O4. The Morgan fingerprint density at radius 2 is 1.64 bits per heavy atom. The minimum absolute atomic E-state index is 0.240. The lowest BCUT2D eigenvalue weighted by Crippen LogP contribution is -2.05. The van der Waals surface area contributed by atoms with Crippen molar-refractivity contribution in [3.63, 3.8) is 0 Å². The highest BCUT2D eigenvalue weighted by Crippen LogP contribution is 2.06. The summed E-state index contributed by atoms with van der Waals surface area (Å²) < 4.78 is 4.54. The second-order valence-electron chi connectivity index (χ2n) is 6.00. The lowest BCUT2D eigenvalue weighted by atomic mass is 10.1. The van der Waals surface area contributed by atoms with Gasteiger partial charge in [-0.25, -0.2) is 0 Å². The van der Waals surface area contributed by atoms with Crippen LogP contribution in [-0.2, 0) is 9.53 Å². The van der Waals surface area contributed by atoms with Crippen LogP contribution >= 0.6 is 0 Å². The minimum Gasteiger partial charge on any atom is -0.469 e. The Labute approximate surface area is 152 Å². The Balaban J connectivity index is 3.79. The van der Waals surface area contributed by atoms with Gasteiger partial charge >= 0.3 is 5.97 Å². The van der Waals surface area contributed by atoms with Gasteiger partial charge in [-0.15, -0.1) is 0 Å². The second-order valence-corrected chi connectivity index (χ2v) is 6.00. The number of carbonyl (C=O) groups excluding carboxylic acids is 1. The first-order valence-corrected chi connectivity index (χ1v) is 9.19. The van der Waals surface area contributed by atoms with Crippen LogP contribution in [0.1, 0.15) is 58.3 Å². The fourth-order valence-electron chi connectivity index (χ4n) is 2.16. The number of rotatable bonds is 14. The average molecular weight is 350 g/mol. The Morgan fingerprint density at radius 3 is 2.32 bits per heavy atom. The van der Waals surface area contributed by atoms with Crippen molar-refractivity contribution in [2.24, 2.45) is 0 Å². The van der Waals surface area contributed by atoms with E-state index in [-0.39, 0.29) is 12.1 Å². The third-order valence-electron chi connectivity index (χ3n) is 3.68. The molecule has 0 bridgehead atoms. The van der Waals surface area contributed by atoms with E-state index < -0.39 is 6.10 Å². The summed E-state index contributed by atoms with van der Waals surface area (Å²) in [5.41, 5.74) is 0. The summed E-state index contributed by atoms with van der Waals surface area (Å²) in [6.45, 7) is 2.16. The highest BCUT2D eigenvalue weighted by atomic mass is 16.5. The van der Waals surface area contributed by atoms with Crippen LogP contribution in [0.4, 0.5) is 0 Å². The Hall–Kier alpha value is -1.65. The lowest BCUT2D eigenvalue weighted by Gasteiger charge is -2.05. The van der Waals surface area contributed by atoms with Crippen molar-refractivity contribution >= 4 is 5.97 Å². The number of carbonyl (C=O) groups is 1. The number of hydrogen-bond acceptors (Lipinski definition) is 4. The molecule has 0 aliphatic heterocycles. The summed E-state index contributed by atoms with van der Waals surface area (Å²) in [6, 6.07) is 0. The zero-order chi connectivity index (χ0) is 18.8. The maximum atomic E-state index is 10.9. The maximum absolute atomic E-state index is 10.9. The van der Waals surface area contributed by atoms with Gasteiger partial charge in [-0.3, -0.25) is 4.79 Å². The molecule has 0 amide bonds. The van der Waals surface area contributed by atoms with Gasteiger partial charge in [-0.05, 0) is 25.7 Å². The van der Waals surface area contributed by atoms with Crippen LogP contribution < -0.4 is 0 Å². The quantitative estimate of drug-likeness (QED) is 0.279. The molecule has 0 aliphatic carbocycles. The van der Waals surface area contributed by atoms with Crippen molar-refractivity contribution in [2.75, 3.05) is 7.11 Å². The molecule has 0 heterocycles. The number of aliphatic hydroxyl groups excluding tert-OH is 2. The summed E-state index contributed by atoms with van der Waals surface area (Å²) in [7, 11) is 1.36. The first kappa shape index (κ1) is 23.4. The summed E-state index contributed by atoms with van der Waals surface area (Å²) in [4.78, 5) is 10.9. The van der Waals surface area contributed by atoms with E-state index in [0.29, 0.717) is 25.7 Å². The molecule has 0 radical (unpaired) electrons. The number of hydrogen-bond donors (Lipinski definition) is 2. The first-order valence-electron chi connectivity index (χ1n) is 9.19. The van der Waals surface area contributed by atoms with Crippen LogP contribution in [-0.4, -0.2) is 35.5 Å². The number of aliphatic hydroxyl groups is 2. The zero-order valence-electron chi connectivity index (χ0n) is 15.6. The molecule has 0 rings (SSSR count). The molecule has 0 aromatic carbocycles. The van der Waals surface area contributed by atoms with Crippen LogP contribution in [0.25, 0.3) is 0 Å². The van der Waals surface area contributed by atoms with E-state index in [4.69, 9.17) is 0 Å². The van der Waals surface area contributed by atoms with Gasteiger partial charge in [-0.1, -0.05) is 74.8 Å². The molecule has 0 spiro atoms. The summed E-state index contributed by atoms with van der Waals surface area (Å²) in [5, 5.41) is 19.5. The Morgan fingerprint density at radius 1 is 0.960 bits per heavy atom. The number of methoxy groups -OCH3 is 1. The topological polar surface area (TPSA) is 66.8 Å². The predicted octanol–water partition coefficient (Wildman–Crippen LogP) is 4.25. The van der Waals surface area contributed by atoms with Gasteiger partial charge in [0.25, 0.3) is 0 Å². The van der Waals surface area contributed by atoms with E-state index in [2.05, 4.69) is 11.7 Å². The van der Waals surface area contributed by atoms with E-state index in [1.807, 2.05) is 36.5 Å². The van der Waals surface area contributed by atoms with Gasteiger partial charge < -0.3 is 14.9 Å². The standard InChI is InChI=1S/C21H34O4/c1-3-4-10-14-19(22)15-11-8-6-5-7-9-12-16-20(23)17-13-18-21(24)25-2/h5-9,11-12,16,19-20,22-23H,3-4,10,13-15,17-18H2,1-2H3/b6-5+,9-7-,11-8+,16-12+/t19-,20-/m1/s1. The van der Waals surface area contributed by atoms with E-state index in [9.17, 15) is 15.0 Å². The van der Waals surface area contributed by atoms with Crippen molar-refractivity contribution in [1.29, 1.82) is 0 Å². The number of allylic oxidation sites excluding steroid dienone is 6. The molecule has 4 nitrogen and oxygen atoms in total. The molecule has 0 saturated heterocycles. The maximum Gasteiger partial charge on any atom is 0.305 e. The first-order chi connectivity index (χ1) is 12.1. The van der Waals surface area contributed by atoms with Crippen molar-refractivity contribution in [3.8, 4) is 0 Å². The van der Waals surface area contributed by atoms with Gasteiger partial charge in [0, 0.05) is 6.42 Å². The van der Waals surface area contributed by atoms with E-state index in [1.54, 1.807) is 12.2 Å². The smallest absolute Gasteiger partial charge is 0.305 e. The van der Waals surface area contributed by atoms with Crippen molar-refractivity contribution < 1.29 is 19.7 Å². The molecule has 0 saturated carbocycles. The molecule has 4 heteroatoms. The fraction of sp³-hybridized carbons (Fsp3) is 0.571. The third kappa shape index (κ3) is 17.0. The fourth-order valence-corrected chi connectivity index (χ4v) is 2.16. The van der Waals surface area contributed by atoms with Crippen LogP contribution in [0.5, 0.6) is 0 Å². The van der Waals surface area contributed by atoms with Gasteiger partial charge in [0.2, 0.25) is 0 Å². The summed E-state index contributed by atoms with van der Waals surface area (Å²) in [6.07, 6.45) is 20.6. The number of esters is 1. The van der Waals surface area contributed by atoms with Crippen molar-refractivity contribution in [1.82, 2.24) is 0 Å². The summed E-state index contributed by atoms with van der Waals surface area (Å²) >= 11 is 0. The number of unbranched alkanes of at least 4 members (excludes halogenated alkanes) is 2. The number of ether oxygens (including phenoxy) is 1. The molecule has 0 aliphatic rings. The molecule has 142 valence electrons. The normalized spacial score (nSPS) is 14.9. The van der Waals surface area contributed by atoms with Gasteiger partial charge in [0.05, 0.1) is 19.3 Å². The SMILES string of the molecule is CCCCC[C@@H](O)C/C=C/C=C/C=C\C=C\[C@@H](O)CCCC(=O)OC. The van der Waals surface area contributed by atoms with Crippen molar-refractivity contribution in [3.05, 3.63) is 48.6 Å². The Kier molecular flexibility index (Phi) is 16.0. The molecular weight excluding hydrogens is 316 g/mol. The largest absolute Gasteiger partial charge is 0.469 e. The highest BCUT2D eigenvalue weighted by Gasteiger charge is 2.03. The zero-order valence-corrected chi connectivity index (χ0v) is 15.6. The van der Waals surface area contributed by atoms with Crippen LogP contribution in [0.2, 0.25) is 0 Å². The van der Waals surface area contributed by atoms with Crippen LogP contribution in [0, 0.1) is 0 Å². The second kappa shape index (κ2) is 17.2. The van der Waals surface area contributed by atoms with Crippen LogP contribution in [0.15, 0.2) is 48.6 Å². The molecule has 0 aromatic heterocycles. The van der Waals surface area contributed by atoms with E-state index in [1.165, 1.54) is 20.0 Å². The minimum atomic E-state index is -0.549. The van der Waals surface area contributed by atoms with Crippen LogP contribution in [0.3, 0.4) is 0 Å². The molecule has 25 heavy (non-hydrogen) atoms. The van der Waals surface area contributed by atoms with Crippen molar-refractivity contribution in [2.45, 2.75) is 70.5 Å². The average Bonchev–Trinajstić information content (AvgIpc) is 2.60. The van der Waals surface area contributed by atoms with E-state index in [0.717, 1.165) is 12.8 Å². The highest BCUT2D eigenvalue weighted by molar-refractivity contribution is 5.68. The molecule has 0 unspecified atom stereocenters. The molecule has 2 atom stereocenters. The monoisotopic (exact) mass is 350 g/mol. The van der Waals surface area contributed by atoms with Gasteiger partial charge in [0.1, 0.15) is 0 Å². The third-order valence-corrected chi connectivity index (χ3v) is 3.68. The Bertz CT molecular complexity index is 435. The predicted molar refractivity (Wildman–Crippen MR) is 103 cm³/mol. The van der Waals surface area contributed by atoms with Gasteiger partial charge in [0.15, 0.2) is 0 Å². The lowest BCUT2D eigenvalue weighted by molar-refractivity contribution is -0.140. The van der Waals surface area contributed by atoms with Gasteiger partial charge in [-0.2, -0.15) is 0 Å². The summed E-state index contributed by atoms with van der Waals surface area (Å²) in [5.74, 6) is -0.247. The molecule has 0 aromatic rings. The van der Waals surface area contributed by atoms with E-state index >= 15 is 0 Å². The molecule has 0 fully saturated rings.